The van der Waals surface area contributed by atoms with E-state index in [-0.39, 0.29) is 24.4 Å². The van der Waals surface area contributed by atoms with E-state index in [4.69, 9.17) is 5.73 Å². The van der Waals surface area contributed by atoms with Gasteiger partial charge in [-0.05, 0) is 25.0 Å². The molecule has 0 aliphatic rings. The summed E-state index contributed by atoms with van der Waals surface area (Å²) >= 11 is 3.09. The van der Waals surface area contributed by atoms with Gasteiger partial charge < -0.3 is 11.1 Å². The van der Waals surface area contributed by atoms with Crippen LogP contribution in [-0.4, -0.2) is 28.2 Å². The Labute approximate surface area is 167 Å². The molecule has 1 unspecified atom stereocenters. The number of nitrogens with two attached hydrogens (primary N) is 1. The first kappa shape index (κ1) is 20.6. The van der Waals surface area contributed by atoms with Gasteiger partial charge in [0.2, 0.25) is 5.91 Å². The second-order valence-electron chi connectivity index (χ2n) is 5.75. The predicted octanol–water partition coefficient (Wildman–Crippen LogP) is 3.64. The normalized spacial score (nSPS) is 11.8. The van der Waals surface area contributed by atoms with Crippen molar-refractivity contribution < 1.29 is 4.79 Å². The Kier molecular flexibility index (Phi) is 7.40. The third-order valence-corrected chi connectivity index (χ3v) is 6.12. The molecule has 0 aliphatic heterocycles. The Balaban J connectivity index is 0.00000243. The number of amides is 1. The molecular formula is C18H21ClN4OS2. The predicted molar refractivity (Wildman–Crippen MR) is 111 cm³/mol. The lowest BCUT2D eigenvalue weighted by molar-refractivity contribution is -0.118. The van der Waals surface area contributed by atoms with Gasteiger partial charge in [0.05, 0.1) is 5.75 Å². The van der Waals surface area contributed by atoms with E-state index < -0.39 is 0 Å². The highest BCUT2D eigenvalue weighted by atomic mass is 35.5. The molecule has 1 aromatic carbocycles. The Bertz CT molecular complexity index is 886. The van der Waals surface area contributed by atoms with Crippen molar-refractivity contribution in [3.8, 4) is 0 Å². The lowest BCUT2D eigenvalue weighted by Gasteiger charge is -2.13. The number of benzene rings is 1. The minimum absolute atomic E-state index is 0. The van der Waals surface area contributed by atoms with Crippen molar-refractivity contribution in [3.63, 3.8) is 0 Å². The number of carbonyl (C=O) groups excluding carboxylic acids is 1. The van der Waals surface area contributed by atoms with E-state index in [1.807, 2.05) is 30.3 Å². The minimum Gasteiger partial charge on any atom is -0.353 e. The summed E-state index contributed by atoms with van der Waals surface area (Å²) < 4.78 is 0. The summed E-state index contributed by atoms with van der Waals surface area (Å²) in [6, 6.07) is 9.55. The van der Waals surface area contributed by atoms with Gasteiger partial charge in [0.1, 0.15) is 16.2 Å². The fourth-order valence-electron chi connectivity index (χ4n) is 2.49. The number of nitrogens with one attached hydrogen (secondary N) is 1. The van der Waals surface area contributed by atoms with Crippen LogP contribution in [0.3, 0.4) is 0 Å². The maximum atomic E-state index is 12.2. The van der Waals surface area contributed by atoms with Crippen molar-refractivity contribution in [2.45, 2.75) is 24.9 Å². The summed E-state index contributed by atoms with van der Waals surface area (Å²) in [6.07, 6.45) is 1.56. The maximum absolute atomic E-state index is 12.2. The van der Waals surface area contributed by atoms with E-state index in [1.54, 1.807) is 17.7 Å². The van der Waals surface area contributed by atoms with Crippen LogP contribution >= 0.6 is 35.5 Å². The highest BCUT2D eigenvalue weighted by Crippen LogP contribution is 2.34. The van der Waals surface area contributed by atoms with Gasteiger partial charge in [0.25, 0.3) is 0 Å². The van der Waals surface area contributed by atoms with Gasteiger partial charge >= 0.3 is 0 Å². The fraction of sp³-hybridized carbons (Fsp3) is 0.278. The molecule has 3 rings (SSSR count). The molecule has 8 heteroatoms. The van der Waals surface area contributed by atoms with Crippen LogP contribution in [0, 0.1) is 13.8 Å². The smallest absolute Gasteiger partial charge is 0.230 e. The van der Waals surface area contributed by atoms with Gasteiger partial charge in [0, 0.05) is 22.8 Å². The second kappa shape index (κ2) is 9.32. The number of hydrogen-bond donors (Lipinski definition) is 2. The van der Waals surface area contributed by atoms with Gasteiger partial charge in [0.15, 0.2) is 0 Å². The Hall–Kier alpha value is -1.67. The van der Waals surface area contributed by atoms with Crippen molar-refractivity contribution >= 4 is 51.6 Å². The fourth-order valence-corrected chi connectivity index (χ4v) is 4.43. The standard InChI is InChI=1S/C18H20N4OS2.ClH/c1-11-12(2)25-18-16(11)17(21-10-22-18)24-9-15(23)20-8-14(19)13-6-4-3-5-7-13;/h3-7,10,14H,8-9,19H2,1-2H3,(H,20,23);1H. The Morgan fingerprint density at radius 1 is 1.27 bits per heavy atom. The largest absolute Gasteiger partial charge is 0.353 e. The van der Waals surface area contributed by atoms with E-state index in [2.05, 4.69) is 29.1 Å². The molecule has 0 saturated carbocycles. The van der Waals surface area contributed by atoms with E-state index in [1.165, 1.54) is 22.2 Å². The van der Waals surface area contributed by atoms with Gasteiger partial charge in [-0.2, -0.15) is 0 Å². The molecular weight excluding hydrogens is 388 g/mol. The topological polar surface area (TPSA) is 80.9 Å². The van der Waals surface area contributed by atoms with Crippen LogP contribution in [0.2, 0.25) is 0 Å². The van der Waals surface area contributed by atoms with Crippen molar-refractivity contribution in [1.29, 1.82) is 0 Å². The van der Waals surface area contributed by atoms with Crippen LogP contribution in [0.25, 0.3) is 10.2 Å². The molecule has 1 amide bonds. The molecule has 0 radical (unpaired) electrons. The molecule has 26 heavy (non-hydrogen) atoms. The van der Waals surface area contributed by atoms with Gasteiger partial charge in [-0.1, -0.05) is 42.1 Å². The zero-order valence-corrected chi connectivity index (χ0v) is 17.0. The number of rotatable bonds is 6. The average molecular weight is 409 g/mol. The number of hydrogen-bond acceptors (Lipinski definition) is 6. The Morgan fingerprint density at radius 3 is 2.73 bits per heavy atom. The van der Waals surface area contributed by atoms with E-state index >= 15 is 0 Å². The number of halogens is 1. The van der Waals surface area contributed by atoms with Crippen molar-refractivity contribution in [1.82, 2.24) is 15.3 Å². The number of thiophene rings is 1. The SMILES string of the molecule is Cc1sc2ncnc(SCC(=O)NCC(N)c3ccccc3)c2c1C.Cl. The zero-order valence-electron chi connectivity index (χ0n) is 14.6. The molecule has 138 valence electrons. The quantitative estimate of drug-likeness (QED) is 0.480. The molecule has 3 aromatic rings. The zero-order chi connectivity index (χ0) is 17.8. The van der Waals surface area contributed by atoms with Crippen molar-refractivity contribution in [2.75, 3.05) is 12.3 Å². The first-order chi connectivity index (χ1) is 12.1. The molecule has 2 heterocycles. The average Bonchev–Trinajstić information content (AvgIpc) is 2.93. The summed E-state index contributed by atoms with van der Waals surface area (Å²) in [5.41, 5.74) is 8.31. The summed E-state index contributed by atoms with van der Waals surface area (Å²) in [5.74, 6) is 0.259. The van der Waals surface area contributed by atoms with Crippen LogP contribution in [-0.2, 0) is 4.79 Å². The van der Waals surface area contributed by atoms with Crippen LogP contribution in [0.5, 0.6) is 0 Å². The van der Waals surface area contributed by atoms with Gasteiger partial charge in [-0.25, -0.2) is 9.97 Å². The van der Waals surface area contributed by atoms with Crippen LogP contribution in [0.1, 0.15) is 22.0 Å². The molecule has 0 saturated heterocycles. The van der Waals surface area contributed by atoms with Gasteiger partial charge in [-0.3, -0.25) is 4.79 Å². The number of thioether (sulfide) groups is 1. The van der Waals surface area contributed by atoms with Gasteiger partial charge in [-0.15, -0.1) is 23.7 Å². The second-order valence-corrected chi connectivity index (χ2v) is 7.92. The van der Waals surface area contributed by atoms with Crippen molar-refractivity contribution in [3.05, 3.63) is 52.7 Å². The monoisotopic (exact) mass is 408 g/mol. The number of aryl methyl sites for hydroxylation is 2. The molecule has 0 bridgehead atoms. The third kappa shape index (κ3) is 4.73. The highest BCUT2D eigenvalue weighted by Gasteiger charge is 2.14. The summed E-state index contributed by atoms with van der Waals surface area (Å²) in [5, 5.41) is 4.81. The first-order valence-corrected chi connectivity index (χ1v) is 9.77. The number of nitrogens with zero attached hydrogens (tertiary/aromatic N) is 2. The van der Waals surface area contributed by atoms with Crippen LogP contribution in [0.4, 0.5) is 0 Å². The number of aromatic nitrogens is 2. The molecule has 5 nitrogen and oxygen atoms in total. The number of carbonyl (C=O) groups is 1. The van der Waals surface area contributed by atoms with Crippen molar-refractivity contribution in [2.24, 2.45) is 5.73 Å². The first-order valence-electron chi connectivity index (χ1n) is 7.97. The molecule has 2 aromatic heterocycles. The molecule has 1 atom stereocenters. The summed E-state index contributed by atoms with van der Waals surface area (Å²) in [4.78, 5) is 23.0. The minimum atomic E-state index is -0.206. The van der Waals surface area contributed by atoms with Crippen LogP contribution in [0.15, 0.2) is 41.7 Å². The van der Waals surface area contributed by atoms with E-state index in [0.717, 1.165) is 20.8 Å². The lowest BCUT2D eigenvalue weighted by Crippen LogP contribution is -2.33. The highest BCUT2D eigenvalue weighted by molar-refractivity contribution is 8.00. The number of fused-ring (bicyclic) bond motifs is 1. The molecule has 0 aliphatic carbocycles. The summed E-state index contributed by atoms with van der Waals surface area (Å²) in [7, 11) is 0. The maximum Gasteiger partial charge on any atom is 0.230 e. The third-order valence-electron chi connectivity index (χ3n) is 4.02. The molecule has 0 fully saturated rings. The van der Waals surface area contributed by atoms with E-state index in [9.17, 15) is 4.79 Å². The summed E-state index contributed by atoms with van der Waals surface area (Å²) in [6.45, 7) is 4.56. The Morgan fingerprint density at radius 2 is 2.00 bits per heavy atom. The van der Waals surface area contributed by atoms with E-state index in [0.29, 0.717) is 12.3 Å². The molecule has 0 spiro atoms. The lowest BCUT2D eigenvalue weighted by atomic mass is 10.1. The molecule has 3 N–H and O–H groups in total. The van der Waals surface area contributed by atoms with Crippen LogP contribution < -0.4 is 11.1 Å².